The summed E-state index contributed by atoms with van der Waals surface area (Å²) in [5.41, 5.74) is 1.18. The van der Waals surface area contributed by atoms with Crippen LogP contribution in [0.15, 0.2) is 48.9 Å². The lowest BCUT2D eigenvalue weighted by atomic mass is 10.1. The highest BCUT2D eigenvalue weighted by Crippen LogP contribution is 2.14. The Bertz CT molecular complexity index is 654. The maximum atomic E-state index is 11.7. The van der Waals surface area contributed by atoms with Crippen LogP contribution < -0.4 is 0 Å². The molecule has 0 aliphatic rings. The molecular formula is C14H11N3O3. The number of nitro benzene ring substituents is 1. The van der Waals surface area contributed by atoms with E-state index in [9.17, 15) is 14.9 Å². The van der Waals surface area contributed by atoms with E-state index < -0.39 is 4.92 Å². The number of allylic oxidation sites excluding steroid dienone is 1. The zero-order valence-corrected chi connectivity index (χ0v) is 10.5. The number of benzene rings is 1. The first-order valence-corrected chi connectivity index (χ1v) is 5.85. The largest absolute Gasteiger partial charge is 0.294 e. The Balaban J connectivity index is 2.04. The molecule has 0 unspecified atom stereocenters. The molecule has 0 aliphatic heterocycles. The minimum Gasteiger partial charge on any atom is -0.294 e. The number of hydrogen-bond acceptors (Lipinski definition) is 5. The van der Waals surface area contributed by atoms with E-state index >= 15 is 0 Å². The average molecular weight is 269 g/mol. The molecule has 2 aromatic rings. The normalized spacial score (nSPS) is 10.6. The van der Waals surface area contributed by atoms with Crippen LogP contribution >= 0.6 is 0 Å². The van der Waals surface area contributed by atoms with Crippen molar-refractivity contribution >= 4 is 17.5 Å². The molecule has 0 atom stereocenters. The summed E-state index contributed by atoms with van der Waals surface area (Å²) < 4.78 is 0. The highest BCUT2D eigenvalue weighted by Gasteiger charge is 2.04. The van der Waals surface area contributed by atoms with Crippen LogP contribution in [0.1, 0.15) is 11.3 Å². The second-order valence-corrected chi connectivity index (χ2v) is 4.03. The minimum absolute atomic E-state index is 0.00600. The Labute approximate surface area is 115 Å². The fraction of sp³-hybridized carbons (Fsp3) is 0.0714. The van der Waals surface area contributed by atoms with Crippen molar-refractivity contribution in [3.8, 4) is 0 Å². The second kappa shape index (κ2) is 6.33. The van der Waals surface area contributed by atoms with E-state index in [4.69, 9.17) is 0 Å². The number of nitrogens with zero attached hydrogens (tertiary/aromatic N) is 3. The van der Waals surface area contributed by atoms with E-state index in [2.05, 4.69) is 9.97 Å². The quantitative estimate of drug-likeness (QED) is 0.472. The molecule has 6 nitrogen and oxygen atoms in total. The van der Waals surface area contributed by atoms with E-state index in [0.717, 1.165) is 0 Å². The molecule has 0 amide bonds. The van der Waals surface area contributed by atoms with Crippen LogP contribution in [0, 0.1) is 10.1 Å². The van der Waals surface area contributed by atoms with Crippen molar-refractivity contribution in [3.05, 3.63) is 70.3 Å². The summed E-state index contributed by atoms with van der Waals surface area (Å²) in [4.78, 5) is 29.8. The Hall–Kier alpha value is -2.89. The summed E-state index contributed by atoms with van der Waals surface area (Å²) >= 11 is 0. The fourth-order valence-corrected chi connectivity index (χ4v) is 1.59. The lowest BCUT2D eigenvalue weighted by Gasteiger charge is -1.96. The summed E-state index contributed by atoms with van der Waals surface area (Å²) in [5.74, 6) is -0.142. The molecule has 0 fully saturated rings. The standard InChI is InChI=1S/C14H11N3O3/c18-14(9-12-10-15-6-7-16-12)5-4-11-2-1-3-13(8-11)17(19)20/h1-8,10H,9H2. The zero-order chi connectivity index (χ0) is 14.4. The molecule has 1 aromatic heterocycles. The van der Waals surface area contributed by atoms with Gasteiger partial charge in [-0.05, 0) is 11.6 Å². The van der Waals surface area contributed by atoms with Gasteiger partial charge in [-0.25, -0.2) is 0 Å². The third-order valence-electron chi connectivity index (χ3n) is 2.51. The van der Waals surface area contributed by atoms with Crippen molar-refractivity contribution in [3.63, 3.8) is 0 Å². The Morgan fingerprint density at radius 1 is 1.35 bits per heavy atom. The molecule has 100 valence electrons. The van der Waals surface area contributed by atoms with Gasteiger partial charge in [-0.15, -0.1) is 0 Å². The second-order valence-electron chi connectivity index (χ2n) is 4.03. The van der Waals surface area contributed by atoms with Crippen molar-refractivity contribution in [2.45, 2.75) is 6.42 Å². The van der Waals surface area contributed by atoms with Crippen LogP contribution in [-0.4, -0.2) is 20.7 Å². The predicted molar refractivity (Wildman–Crippen MR) is 72.9 cm³/mol. The van der Waals surface area contributed by atoms with E-state index in [0.29, 0.717) is 11.3 Å². The number of rotatable bonds is 5. The van der Waals surface area contributed by atoms with Crippen LogP contribution in [0.25, 0.3) is 6.08 Å². The maximum absolute atomic E-state index is 11.7. The highest BCUT2D eigenvalue weighted by atomic mass is 16.6. The molecule has 0 bridgehead atoms. The number of carbonyl (C=O) groups is 1. The van der Waals surface area contributed by atoms with Crippen molar-refractivity contribution in [1.82, 2.24) is 9.97 Å². The van der Waals surface area contributed by atoms with Gasteiger partial charge in [-0.3, -0.25) is 24.9 Å². The first-order valence-electron chi connectivity index (χ1n) is 5.85. The van der Waals surface area contributed by atoms with Crippen LogP contribution in [0.3, 0.4) is 0 Å². The topological polar surface area (TPSA) is 86.0 Å². The lowest BCUT2D eigenvalue weighted by Crippen LogP contribution is -2.00. The SMILES string of the molecule is O=C(C=Cc1cccc([N+](=O)[O-])c1)Cc1cnccn1. The molecule has 1 heterocycles. The van der Waals surface area contributed by atoms with E-state index in [1.165, 1.54) is 36.8 Å². The molecule has 0 radical (unpaired) electrons. The number of hydrogen-bond donors (Lipinski definition) is 0. The summed E-state index contributed by atoms with van der Waals surface area (Å²) in [6.07, 6.45) is 7.66. The highest BCUT2D eigenvalue weighted by molar-refractivity contribution is 5.94. The summed E-state index contributed by atoms with van der Waals surface area (Å²) in [7, 11) is 0. The predicted octanol–water partition coefficient (Wildman–Crippen LogP) is 2.21. The van der Waals surface area contributed by atoms with Crippen LogP contribution in [-0.2, 0) is 11.2 Å². The smallest absolute Gasteiger partial charge is 0.270 e. The molecule has 6 heteroatoms. The first-order chi connectivity index (χ1) is 9.65. The Kier molecular flexibility index (Phi) is 4.28. The van der Waals surface area contributed by atoms with Crippen molar-refractivity contribution in [1.29, 1.82) is 0 Å². The van der Waals surface area contributed by atoms with E-state index in [1.54, 1.807) is 18.2 Å². The van der Waals surface area contributed by atoms with Gasteiger partial charge in [0, 0.05) is 30.7 Å². The van der Waals surface area contributed by atoms with Crippen molar-refractivity contribution < 1.29 is 9.72 Å². The Morgan fingerprint density at radius 2 is 2.20 bits per heavy atom. The number of ketones is 1. The van der Waals surface area contributed by atoms with Crippen LogP contribution in [0.2, 0.25) is 0 Å². The van der Waals surface area contributed by atoms with Gasteiger partial charge in [0.2, 0.25) is 0 Å². The summed E-state index contributed by atoms with van der Waals surface area (Å²) in [6, 6.07) is 6.08. The number of carbonyl (C=O) groups excluding carboxylic acids is 1. The zero-order valence-electron chi connectivity index (χ0n) is 10.5. The Morgan fingerprint density at radius 3 is 2.90 bits per heavy atom. The van der Waals surface area contributed by atoms with Gasteiger partial charge in [0.15, 0.2) is 5.78 Å². The van der Waals surface area contributed by atoms with Gasteiger partial charge < -0.3 is 0 Å². The van der Waals surface area contributed by atoms with E-state index in [-0.39, 0.29) is 17.9 Å². The van der Waals surface area contributed by atoms with Gasteiger partial charge in [-0.2, -0.15) is 0 Å². The van der Waals surface area contributed by atoms with Gasteiger partial charge >= 0.3 is 0 Å². The first kappa shape index (κ1) is 13.5. The van der Waals surface area contributed by atoms with Crippen molar-refractivity contribution in [2.75, 3.05) is 0 Å². The third-order valence-corrected chi connectivity index (χ3v) is 2.51. The molecule has 0 saturated heterocycles. The average Bonchev–Trinajstić information content (AvgIpc) is 2.46. The van der Waals surface area contributed by atoms with Gasteiger partial charge in [0.25, 0.3) is 5.69 Å². The number of non-ortho nitro benzene ring substituents is 1. The molecule has 2 rings (SSSR count). The monoisotopic (exact) mass is 269 g/mol. The lowest BCUT2D eigenvalue weighted by molar-refractivity contribution is -0.384. The molecule has 0 spiro atoms. The van der Waals surface area contributed by atoms with Crippen LogP contribution in [0.5, 0.6) is 0 Å². The molecule has 0 aliphatic carbocycles. The van der Waals surface area contributed by atoms with Crippen molar-refractivity contribution in [2.24, 2.45) is 0 Å². The summed E-state index contributed by atoms with van der Waals surface area (Å²) in [5, 5.41) is 10.6. The molecular weight excluding hydrogens is 258 g/mol. The van der Waals surface area contributed by atoms with Gasteiger partial charge in [-0.1, -0.05) is 18.2 Å². The molecule has 0 saturated carbocycles. The van der Waals surface area contributed by atoms with Crippen LogP contribution in [0.4, 0.5) is 5.69 Å². The summed E-state index contributed by atoms with van der Waals surface area (Å²) in [6.45, 7) is 0. The van der Waals surface area contributed by atoms with Gasteiger partial charge in [0.05, 0.1) is 17.0 Å². The molecule has 20 heavy (non-hydrogen) atoms. The van der Waals surface area contributed by atoms with E-state index in [1.807, 2.05) is 0 Å². The number of aromatic nitrogens is 2. The minimum atomic E-state index is -0.473. The molecule has 1 aromatic carbocycles. The third kappa shape index (κ3) is 3.81. The fourth-order valence-electron chi connectivity index (χ4n) is 1.59. The maximum Gasteiger partial charge on any atom is 0.270 e. The number of nitro groups is 1. The molecule has 0 N–H and O–H groups in total. The van der Waals surface area contributed by atoms with Gasteiger partial charge in [0.1, 0.15) is 0 Å².